The first kappa shape index (κ1) is 13.5. The minimum atomic E-state index is -1.42. The van der Waals surface area contributed by atoms with E-state index >= 15 is 0 Å². The molecule has 0 amide bonds. The third-order valence-electron chi connectivity index (χ3n) is 2.63. The quantitative estimate of drug-likeness (QED) is 0.611. The van der Waals surface area contributed by atoms with Crippen LogP contribution in [0.4, 0.5) is 4.39 Å². The van der Waals surface area contributed by atoms with E-state index in [1.807, 2.05) is 0 Å². The van der Waals surface area contributed by atoms with Crippen molar-refractivity contribution in [3.05, 3.63) is 24.0 Å². The molecule has 16 heavy (non-hydrogen) atoms. The first-order valence-electron chi connectivity index (χ1n) is 5.61. The lowest BCUT2D eigenvalue weighted by molar-refractivity contribution is 0.571. The summed E-state index contributed by atoms with van der Waals surface area (Å²) in [5, 5.41) is 0.399. The molecule has 0 N–H and O–H groups in total. The van der Waals surface area contributed by atoms with Crippen molar-refractivity contribution < 1.29 is 4.39 Å². The third-order valence-corrected chi connectivity index (χ3v) is 11.8. The molecule has 0 aromatic carbocycles. The Balaban J connectivity index is 3.23. The number of halogens is 1. The number of nitrogens with zero attached hydrogens (tertiary/aromatic N) is 2. The van der Waals surface area contributed by atoms with Gasteiger partial charge in [0.1, 0.15) is 5.82 Å². The Morgan fingerprint density at radius 3 is 1.94 bits per heavy atom. The highest BCUT2D eigenvalue weighted by molar-refractivity contribution is 6.96. The van der Waals surface area contributed by atoms with Gasteiger partial charge in [0, 0.05) is 17.4 Å². The van der Waals surface area contributed by atoms with E-state index in [1.165, 1.54) is 12.3 Å². The lowest BCUT2D eigenvalue weighted by Gasteiger charge is -2.36. The van der Waals surface area contributed by atoms with Crippen molar-refractivity contribution in [1.82, 2.24) is 9.97 Å². The number of hydrogen-bond donors (Lipinski definition) is 0. The fourth-order valence-electron chi connectivity index (χ4n) is 2.56. The lowest BCUT2D eigenvalue weighted by atomic mass is 10.6. The molecule has 0 atom stereocenters. The Kier molecular flexibility index (Phi) is 3.69. The van der Waals surface area contributed by atoms with Gasteiger partial charge in [-0.3, -0.25) is 0 Å². The molecule has 0 fully saturated rings. The molecule has 0 radical (unpaired) electrons. The van der Waals surface area contributed by atoms with E-state index in [9.17, 15) is 4.39 Å². The zero-order valence-corrected chi connectivity index (χ0v) is 13.0. The smallest absolute Gasteiger partial charge is 0.216 e. The standard InChI is InChI=1S/C11H21FN2Si2/c1-15(2,3)11(16(4,5)6)10-13-8-7-9(12)14-10/h7-8,11H,1-6H3. The first-order valence-corrected chi connectivity index (χ1v) is 12.8. The van der Waals surface area contributed by atoms with Gasteiger partial charge in [0.2, 0.25) is 5.95 Å². The van der Waals surface area contributed by atoms with E-state index in [0.717, 1.165) is 5.82 Å². The van der Waals surface area contributed by atoms with Gasteiger partial charge in [-0.1, -0.05) is 39.3 Å². The van der Waals surface area contributed by atoms with Crippen molar-refractivity contribution in [2.45, 2.75) is 44.4 Å². The second kappa shape index (κ2) is 4.37. The Morgan fingerprint density at radius 2 is 1.56 bits per heavy atom. The normalized spacial score (nSPS) is 13.2. The van der Waals surface area contributed by atoms with Crippen molar-refractivity contribution in [1.29, 1.82) is 0 Å². The number of rotatable bonds is 3. The van der Waals surface area contributed by atoms with Crippen LogP contribution >= 0.6 is 0 Å². The zero-order chi connectivity index (χ0) is 12.6. The van der Waals surface area contributed by atoms with E-state index in [4.69, 9.17) is 0 Å². The number of aromatic nitrogens is 2. The van der Waals surface area contributed by atoms with E-state index in [2.05, 4.69) is 49.3 Å². The minimum absolute atomic E-state index is 0.399. The summed E-state index contributed by atoms with van der Waals surface area (Å²) >= 11 is 0. The predicted octanol–water partition coefficient (Wildman–Crippen LogP) is 3.45. The van der Waals surface area contributed by atoms with Crippen LogP contribution in [-0.2, 0) is 0 Å². The van der Waals surface area contributed by atoms with E-state index in [0.29, 0.717) is 5.16 Å². The van der Waals surface area contributed by atoms with Crippen LogP contribution in [0.5, 0.6) is 0 Å². The van der Waals surface area contributed by atoms with E-state index in [-0.39, 0.29) is 0 Å². The summed E-state index contributed by atoms with van der Waals surface area (Å²) in [6.45, 7) is 13.9. The van der Waals surface area contributed by atoms with Crippen LogP contribution in [0.25, 0.3) is 0 Å². The Bertz CT molecular complexity index is 355. The Labute approximate surface area is 99.4 Å². The maximum absolute atomic E-state index is 13.2. The molecule has 0 saturated carbocycles. The first-order chi connectivity index (χ1) is 7.12. The SMILES string of the molecule is C[Si](C)(C)C(c1nccc(F)n1)[Si](C)(C)C. The summed E-state index contributed by atoms with van der Waals surface area (Å²) in [4.78, 5) is 8.29. The third kappa shape index (κ3) is 3.22. The highest BCUT2D eigenvalue weighted by Gasteiger charge is 2.40. The van der Waals surface area contributed by atoms with Crippen molar-refractivity contribution in [3.63, 3.8) is 0 Å². The molecule has 0 saturated heterocycles. The largest absolute Gasteiger partial charge is 0.241 e. The van der Waals surface area contributed by atoms with Gasteiger partial charge >= 0.3 is 0 Å². The molecular weight excluding hydrogens is 235 g/mol. The van der Waals surface area contributed by atoms with Gasteiger partial charge < -0.3 is 0 Å². The molecule has 2 nitrogen and oxygen atoms in total. The van der Waals surface area contributed by atoms with Gasteiger partial charge in [0.05, 0.1) is 16.1 Å². The van der Waals surface area contributed by atoms with E-state index < -0.39 is 22.1 Å². The maximum atomic E-state index is 13.2. The van der Waals surface area contributed by atoms with Crippen LogP contribution in [0, 0.1) is 5.95 Å². The van der Waals surface area contributed by atoms with Gasteiger partial charge in [-0.2, -0.15) is 4.39 Å². The molecule has 5 heteroatoms. The Morgan fingerprint density at radius 1 is 1.06 bits per heavy atom. The van der Waals surface area contributed by atoms with Crippen LogP contribution in [0.3, 0.4) is 0 Å². The minimum Gasteiger partial charge on any atom is -0.241 e. The fraction of sp³-hybridized carbons (Fsp3) is 0.636. The molecule has 0 aliphatic carbocycles. The number of hydrogen-bond acceptors (Lipinski definition) is 2. The van der Waals surface area contributed by atoms with E-state index in [1.54, 1.807) is 0 Å². The summed E-state index contributed by atoms with van der Waals surface area (Å²) < 4.78 is 13.2. The molecule has 1 rings (SSSR count). The van der Waals surface area contributed by atoms with Crippen LogP contribution < -0.4 is 0 Å². The van der Waals surface area contributed by atoms with Gasteiger partial charge in [0.15, 0.2) is 0 Å². The van der Waals surface area contributed by atoms with Gasteiger partial charge in [0.25, 0.3) is 0 Å². The summed E-state index contributed by atoms with van der Waals surface area (Å²) in [6, 6.07) is 1.31. The molecule has 1 aromatic heterocycles. The fourth-order valence-corrected chi connectivity index (χ4v) is 14.8. The molecule has 0 bridgehead atoms. The molecule has 0 spiro atoms. The zero-order valence-electron chi connectivity index (χ0n) is 11.0. The van der Waals surface area contributed by atoms with Crippen LogP contribution in [0.1, 0.15) is 11.0 Å². The van der Waals surface area contributed by atoms with Crippen LogP contribution in [-0.4, -0.2) is 26.1 Å². The second-order valence-electron chi connectivity index (χ2n) is 6.40. The van der Waals surface area contributed by atoms with Gasteiger partial charge in [-0.25, -0.2) is 9.97 Å². The summed E-state index contributed by atoms with van der Waals surface area (Å²) in [5.41, 5.74) is 0. The topological polar surface area (TPSA) is 25.8 Å². The van der Waals surface area contributed by atoms with Gasteiger partial charge in [-0.15, -0.1) is 0 Å². The molecule has 0 aliphatic rings. The second-order valence-corrected chi connectivity index (χ2v) is 17.6. The predicted molar refractivity (Wildman–Crippen MR) is 71.4 cm³/mol. The molecule has 90 valence electrons. The van der Waals surface area contributed by atoms with Crippen LogP contribution in [0.15, 0.2) is 12.3 Å². The molecule has 0 unspecified atom stereocenters. The molecule has 0 aliphatic heterocycles. The van der Waals surface area contributed by atoms with Gasteiger partial charge in [-0.05, 0) is 0 Å². The molecule has 1 aromatic rings. The summed E-state index contributed by atoms with van der Waals surface area (Å²) in [6.07, 6.45) is 1.53. The summed E-state index contributed by atoms with van der Waals surface area (Å²) in [5.74, 6) is 0.310. The highest BCUT2D eigenvalue weighted by atomic mass is 28.4. The van der Waals surface area contributed by atoms with Crippen molar-refractivity contribution >= 4 is 16.1 Å². The van der Waals surface area contributed by atoms with Crippen molar-refractivity contribution in [2.75, 3.05) is 0 Å². The van der Waals surface area contributed by atoms with Crippen molar-refractivity contribution in [2.24, 2.45) is 0 Å². The highest BCUT2D eigenvalue weighted by Crippen LogP contribution is 2.33. The molecule has 1 heterocycles. The Hall–Kier alpha value is -0.556. The average Bonchev–Trinajstić information content (AvgIpc) is 1.97. The van der Waals surface area contributed by atoms with Crippen LogP contribution in [0.2, 0.25) is 39.3 Å². The molecular formula is C11H21FN2Si2. The van der Waals surface area contributed by atoms with Crippen molar-refractivity contribution in [3.8, 4) is 0 Å². The maximum Gasteiger partial charge on any atom is 0.216 e. The summed E-state index contributed by atoms with van der Waals surface area (Å²) in [7, 11) is -2.83. The average molecular weight is 256 g/mol. The monoisotopic (exact) mass is 256 g/mol. The lowest BCUT2D eigenvalue weighted by Crippen LogP contribution is -2.47.